The minimum absolute atomic E-state index is 0.0698. The largest absolute Gasteiger partial charge is 0.435 e. The quantitative estimate of drug-likeness (QED) is 0.407. The standard InChI is InChI=1S/C19H20BrNO4/c1-3-21-17-9-6-14(19(23)25-12-24-2)11-16(17)18(22)10-13-4-7-15(20)8-5-13/h4-9,11,21H,3,10,12H2,1-2H3. The molecule has 0 spiro atoms. The second kappa shape index (κ2) is 9.34. The van der Waals surface area contributed by atoms with Crippen LogP contribution < -0.4 is 5.32 Å². The normalized spacial score (nSPS) is 10.4. The molecule has 0 bridgehead atoms. The number of anilines is 1. The number of benzene rings is 2. The van der Waals surface area contributed by atoms with E-state index in [2.05, 4.69) is 21.2 Å². The highest BCUT2D eigenvalue weighted by molar-refractivity contribution is 9.10. The molecule has 2 aromatic carbocycles. The Hall–Kier alpha value is -2.18. The van der Waals surface area contributed by atoms with Gasteiger partial charge in [-0.05, 0) is 42.8 Å². The molecule has 0 radical (unpaired) electrons. The van der Waals surface area contributed by atoms with Crippen LogP contribution in [0.5, 0.6) is 0 Å². The molecule has 1 N–H and O–H groups in total. The summed E-state index contributed by atoms with van der Waals surface area (Å²) in [4.78, 5) is 24.8. The van der Waals surface area contributed by atoms with Gasteiger partial charge in [-0.15, -0.1) is 0 Å². The molecule has 5 nitrogen and oxygen atoms in total. The van der Waals surface area contributed by atoms with E-state index in [1.165, 1.54) is 7.11 Å². The van der Waals surface area contributed by atoms with E-state index in [0.29, 0.717) is 23.4 Å². The van der Waals surface area contributed by atoms with Gasteiger partial charge in [0.1, 0.15) is 0 Å². The van der Waals surface area contributed by atoms with Crippen molar-refractivity contribution < 1.29 is 19.1 Å². The number of carbonyl (C=O) groups excluding carboxylic acids is 2. The Bertz CT molecular complexity index is 744. The summed E-state index contributed by atoms with van der Waals surface area (Å²) >= 11 is 3.38. The fourth-order valence-electron chi connectivity index (χ4n) is 2.33. The number of esters is 1. The number of nitrogens with one attached hydrogen (secondary N) is 1. The summed E-state index contributed by atoms with van der Waals surface area (Å²) < 4.78 is 10.6. The molecule has 25 heavy (non-hydrogen) atoms. The maximum absolute atomic E-state index is 12.8. The third kappa shape index (κ3) is 5.41. The molecule has 0 saturated heterocycles. The lowest BCUT2D eigenvalue weighted by Crippen LogP contribution is -2.13. The van der Waals surface area contributed by atoms with Gasteiger partial charge in [-0.2, -0.15) is 0 Å². The zero-order valence-corrected chi connectivity index (χ0v) is 15.8. The van der Waals surface area contributed by atoms with Gasteiger partial charge in [0.25, 0.3) is 0 Å². The van der Waals surface area contributed by atoms with Crippen molar-refractivity contribution in [3.63, 3.8) is 0 Å². The van der Waals surface area contributed by atoms with Crippen LogP contribution in [-0.2, 0) is 15.9 Å². The monoisotopic (exact) mass is 405 g/mol. The summed E-state index contributed by atoms with van der Waals surface area (Å²) in [5.41, 5.74) is 2.39. The molecular formula is C19H20BrNO4. The summed E-state index contributed by atoms with van der Waals surface area (Å²) in [6.45, 7) is 2.49. The third-order valence-corrected chi connectivity index (χ3v) is 4.04. The fraction of sp³-hybridized carbons (Fsp3) is 0.263. The number of carbonyl (C=O) groups is 2. The maximum atomic E-state index is 12.8. The van der Waals surface area contributed by atoms with Crippen LogP contribution in [0, 0.1) is 0 Å². The molecular weight excluding hydrogens is 386 g/mol. The molecule has 6 heteroatoms. The van der Waals surface area contributed by atoms with Crippen molar-refractivity contribution in [3.05, 3.63) is 63.6 Å². The summed E-state index contributed by atoms with van der Waals surface area (Å²) in [6.07, 6.45) is 0.252. The number of rotatable bonds is 8. The van der Waals surface area contributed by atoms with E-state index in [4.69, 9.17) is 9.47 Å². The van der Waals surface area contributed by atoms with Gasteiger partial charge in [0.2, 0.25) is 0 Å². The van der Waals surface area contributed by atoms with Crippen LogP contribution in [0.3, 0.4) is 0 Å². The van der Waals surface area contributed by atoms with E-state index < -0.39 is 5.97 Å². The van der Waals surface area contributed by atoms with Crippen molar-refractivity contribution in [2.24, 2.45) is 0 Å². The van der Waals surface area contributed by atoms with Crippen LogP contribution >= 0.6 is 15.9 Å². The van der Waals surface area contributed by atoms with E-state index in [0.717, 1.165) is 10.0 Å². The second-order valence-corrected chi connectivity index (χ2v) is 6.27. The lowest BCUT2D eigenvalue weighted by Gasteiger charge is -2.12. The molecule has 0 aliphatic rings. The number of methoxy groups -OCH3 is 1. The Kier molecular flexibility index (Phi) is 7.16. The molecule has 132 valence electrons. The molecule has 2 rings (SSSR count). The molecule has 0 atom stereocenters. The number of Topliss-reactive ketones (excluding diaryl/α,β-unsaturated/α-hetero) is 1. The summed E-state index contributed by atoms with van der Waals surface area (Å²) in [6, 6.07) is 12.5. The van der Waals surface area contributed by atoms with Gasteiger partial charge >= 0.3 is 5.97 Å². The topological polar surface area (TPSA) is 64.6 Å². The SMILES string of the molecule is CCNc1ccc(C(=O)OCOC)cc1C(=O)Cc1ccc(Br)cc1. The zero-order valence-electron chi connectivity index (χ0n) is 14.2. The van der Waals surface area contributed by atoms with Gasteiger partial charge < -0.3 is 14.8 Å². The molecule has 0 fully saturated rings. The minimum atomic E-state index is -0.525. The average Bonchev–Trinajstić information content (AvgIpc) is 2.62. The molecule has 0 unspecified atom stereocenters. The van der Waals surface area contributed by atoms with E-state index in [1.807, 2.05) is 31.2 Å². The van der Waals surface area contributed by atoms with Crippen LogP contribution in [-0.4, -0.2) is 32.2 Å². The second-order valence-electron chi connectivity index (χ2n) is 5.36. The van der Waals surface area contributed by atoms with Crippen molar-refractivity contribution in [3.8, 4) is 0 Å². The average molecular weight is 406 g/mol. The van der Waals surface area contributed by atoms with Crippen molar-refractivity contribution in [2.45, 2.75) is 13.3 Å². The van der Waals surface area contributed by atoms with Crippen molar-refractivity contribution in [1.29, 1.82) is 0 Å². The molecule has 0 aliphatic carbocycles. The lowest BCUT2D eigenvalue weighted by atomic mass is 9.99. The molecule has 0 aliphatic heterocycles. The summed E-state index contributed by atoms with van der Waals surface area (Å²) in [5.74, 6) is -0.595. The Morgan fingerprint density at radius 3 is 2.48 bits per heavy atom. The Labute approximate surface area is 155 Å². The van der Waals surface area contributed by atoms with Crippen LogP contribution in [0.15, 0.2) is 46.9 Å². The van der Waals surface area contributed by atoms with Crippen molar-refractivity contribution >= 4 is 33.4 Å². The predicted octanol–water partition coefficient (Wildman–Crippen LogP) is 4.07. The van der Waals surface area contributed by atoms with E-state index >= 15 is 0 Å². The van der Waals surface area contributed by atoms with Crippen molar-refractivity contribution in [1.82, 2.24) is 0 Å². The first-order valence-electron chi connectivity index (χ1n) is 7.86. The molecule has 0 amide bonds. The van der Waals surface area contributed by atoms with Crippen LogP contribution in [0.25, 0.3) is 0 Å². The first-order valence-corrected chi connectivity index (χ1v) is 8.66. The molecule has 0 aromatic heterocycles. The predicted molar refractivity (Wildman–Crippen MR) is 100 cm³/mol. The highest BCUT2D eigenvalue weighted by Gasteiger charge is 2.16. The molecule has 0 heterocycles. The third-order valence-electron chi connectivity index (χ3n) is 3.51. The summed E-state index contributed by atoms with van der Waals surface area (Å²) in [7, 11) is 1.44. The number of ketones is 1. The number of halogens is 1. The smallest absolute Gasteiger partial charge is 0.340 e. The van der Waals surface area contributed by atoms with Gasteiger partial charge in [0, 0.05) is 35.8 Å². The number of hydrogen-bond acceptors (Lipinski definition) is 5. The molecule has 0 saturated carbocycles. The maximum Gasteiger partial charge on any atom is 0.340 e. The molecule has 2 aromatic rings. The highest BCUT2D eigenvalue weighted by atomic mass is 79.9. The van der Waals surface area contributed by atoms with Gasteiger partial charge in [-0.1, -0.05) is 28.1 Å². The first-order chi connectivity index (χ1) is 12.0. The Morgan fingerprint density at radius 1 is 1.12 bits per heavy atom. The van der Waals surface area contributed by atoms with Gasteiger partial charge in [0.05, 0.1) is 5.56 Å². The van der Waals surface area contributed by atoms with Crippen molar-refractivity contribution in [2.75, 3.05) is 25.8 Å². The highest BCUT2D eigenvalue weighted by Crippen LogP contribution is 2.21. The van der Waals surface area contributed by atoms with Crippen LogP contribution in [0.2, 0.25) is 0 Å². The number of hydrogen-bond donors (Lipinski definition) is 1. The van der Waals surface area contributed by atoms with E-state index in [9.17, 15) is 9.59 Å². The van der Waals surface area contributed by atoms with Crippen LogP contribution in [0.1, 0.15) is 33.2 Å². The fourth-order valence-corrected chi connectivity index (χ4v) is 2.59. The number of ether oxygens (including phenoxy) is 2. The van der Waals surface area contributed by atoms with Crippen LogP contribution in [0.4, 0.5) is 5.69 Å². The first kappa shape index (κ1) is 19.1. The Balaban J connectivity index is 2.26. The zero-order chi connectivity index (χ0) is 18.2. The van der Waals surface area contributed by atoms with E-state index in [1.54, 1.807) is 18.2 Å². The lowest BCUT2D eigenvalue weighted by molar-refractivity contribution is -0.0125. The van der Waals surface area contributed by atoms with Gasteiger partial charge in [-0.3, -0.25) is 4.79 Å². The van der Waals surface area contributed by atoms with E-state index in [-0.39, 0.29) is 19.0 Å². The van der Waals surface area contributed by atoms with Gasteiger partial charge in [0.15, 0.2) is 12.6 Å². The summed E-state index contributed by atoms with van der Waals surface area (Å²) in [5, 5.41) is 3.16. The minimum Gasteiger partial charge on any atom is -0.435 e. The Morgan fingerprint density at radius 2 is 1.84 bits per heavy atom. The van der Waals surface area contributed by atoms with Gasteiger partial charge in [-0.25, -0.2) is 4.79 Å².